The highest BCUT2D eigenvalue weighted by Crippen LogP contribution is 1.88. The monoisotopic (exact) mass is 216 g/mol. The van der Waals surface area contributed by atoms with Gasteiger partial charge in [-0.25, -0.2) is 0 Å². The van der Waals surface area contributed by atoms with Crippen molar-refractivity contribution in [3.05, 3.63) is 0 Å². The molecule has 0 aliphatic carbocycles. The highest BCUT2D eigenvalue weighted by atomic mass is 35.5. The van der Waals surface area contributed by atoms with Crippen molar-refractivity contribution in [2.75, 3.05) is 28.9 Å². The first kappa shape index (κ1) is 11.6. The Labute approximate surface area is 77.6 Å². The molecule has 0 rings (SSSR count). The molecule has 2 atom stereocenters. The van der Waals surface area contributed by atoms with Crippen LogP contribution in [-0.2, 0) is 21.6 Å². The van der Waals surface area contributed by atoms with Gasteiger partial charge in [-0.05, 0) is 0 Å². The van der Waals surface area contributed by atoms with E-state index in [1.807, 2.05) is 6.92 Å². The Bertz CT molecular complexity index is 150. The maximum Gasteiger partial charge on any atom is 0.0371 e. The van der Waals surface area contributed by atoms with Crippen LogP contribution in [0.5, 0.6) is 0 Å². The summed E-state index contributed by atoms with van der Waals surface area (Å²) in [4.78, 5) is 0. The Morgan fingerprint density at radius 3 is 2.09 bits per heavy atom. The minimum absolute atomic E-state index is 0.422. The average Bonchev–Trinajstić information content (AvgIpc) is 2.01. The van der Waals surface area contributed by atoms with Gasteiger partial charge in [-0.2, -0.15) is 0 Å². The zero-order valence-electron chi connectivity index (χ0n) is 6.55. The van der Waals surface area contributed by atoms with Gasteiger partial charge in [0.25, 0.3) is 0 Å². The van der Waals surface area contributed by atoms with Crippen molar-refractivity contribution in [2.45, 2.75) is 6.92 Å². The quantitative estimate of drug-likeness (QED) is 0.614. The molecule has 0 N–H and O–H groups in total. The van der Waals surface area contributed by atoms with Gasteiger partial charge in [0.05, 0.1) is 0 Å². The first-order valence-electron chi connectivity index (χ1n) is 3.46. The van der Waals surface area contributed by atoms with E-state index in [9.17, 15) is 8.42 Å². The number of halogens is 1. The SMILES string of the molecule is CCS(=O)CCS(=O)CCCl. The molecule has 0 fully saturated rings. The lowest BCUT2D eigenvalue weighted by Crippen LogP contribution is -2.12. The first-order chi connectivity index (χ1) is 5.20. The van der Waals surface area contributed by atoms with E-state index in [2.05, 4.69) is 0 Å². The van der Waals surface area contributed by atoms with E-state index in [-0.39, 0.29) is 0 Å². The van der Waals surface area contributed by atoms with E-state index in [1.165, 1.54) is 0 Å². The molecule has 0 bridgehead atoms. The molecule has 0 saturated heterocycles. The van der Waals surface area contributed by atoms with Gasteiger partial charge in [0.2, 0.25) is 0 Å². The second-order valence-electron chi connectivity index (χ2n) is 1.97. The fourth-order valence-corrected chi connectivity index (χ4v) is 3.19. The van der Waals surface area contributed by atoms with Crippen LogP contribution in [0.4, 0.5) is 0 Å². The third kappa shape index (κ3) is 6.97. The van der Waals surface area contributed by atoms with Crippen LogP contribution in [0.15, 0.2) is 0 Å². The molecule has 0 aliphatic heterocycles. The smallest absolute Gasteiger partial charge is 0.0371 e. The summed E-state index contributed by atoms with van der Waals surface area (Å²) in [6.07, 6.45) is 0. The highest BCUT2D eigenvalue weighted by Gasteiger charge is 2.01. The largest absolute Gasteiger partial charge is 0.260 e. The zero-order chi connectivity index (χ0) is 8.69. The Balaban J connectivity index is 3.38. The van der Waals surface area contributed by atoms with Gasteiger partial charge in [0.1, 0.15) is 0 Å². The number of hydrogen-bond acceptors (Lipinski definition) is 2. The maximum absolute atomic E-state index is 11.0. The molecule has 0 spiro atoms. The first-order valence-corrected chi connectivity index (χ1v) is 6.97. The summed E-state index contributed by atoms with van der Waals surface area (Å²) in [6, 6.07) is 0. The van der Waals surface area contributed by atoms with Gasteiger partial charge in [-0.1, -0.05) is 6.92 Å². The summed E-state index contributed by atoms with van der Waals surface area (Å²) >= 11 is 5.38. The highest BCUT2D eigenvalue weighted by molar-refractivity contribution is 7.88. The molecule has 5 heteroatoms. The van der Waals surface area contributed by atoms with Gasteiger partial charge in [-0.3, -0.25) is 8.42 Å². The molecule has 11 heavy (non-hydrogen) atoms. The Morgan fingerprint density at radius 2 is 1.64 bits per heavy atom. The van der Waals surface area contributed by atoms with Crippen LogP contribution in [0.25, 0.3) is 0 Å². The molecule has 0 heterocycles. The van der Waals surface area contributed by atoms with Crippen molar-refractivity contribution >= 4 is 33.2 Å². The fourth-order valence-electron chi connectivity index (χ4n) is 0.518. The van der Waals surface area contributed by atoms with Crippen LogP contribution in [0.3, 0.4) is 0 Å². The minimum Gasteiger partial charge on any atom is -0.260 e. The van der Waals surface area contributed by atoms with Crippen molar-refractivity contribution in [1.82, 2.24) is 0 Å². The molecule has 0 saturated carbocycles. The summed E-state index contributed by atoms with van der Waals surface area (Å²) in [7, 11) is -1.65. The van der Waals surface area contributed by atoms with Gasteiger partial charge >= 0.3 is 0 Å². The Morgan fingerprint density at radius 1 is 1.09 bits per heavy atom. The second-order valence-corrected chi connectivity index (χ2v) is 5.91. The van der Waals surface area contributed by atoms with Gasteiger partial charge < -0.3 is 0 Å². The predicted octanol–water partition coefficient (Wildman–Crippen LogP) is 0.743. The predicted molar refractivity (Wildman–Crippen MR) is 52.1 cm³/mol. The lowest BCUT2D eigenvalue weighted by Gasteiger charge is -1.97. The van der Waals surface area contributed by atoms with E-state index in [1.54, 1.807) is 0 Å². The van der Waals surface area contributed by atoms with E-state index < -0.39 is 21.6 Å². The maximum atomic E-state index is 11.0. The van der Waals surface area contributed by atoms with Crippen LogP contribution < -0.4 is 0 Å². The van der Waals surface area contributed by atoms with E-state index in [0.29, 0.717) is 28.9 Å². The lowest BCUT2D eigenvalue weighted by molar-refractivity contribution is 0.679. The lowest BCUT2D eigenvalue weighted by atomic mass is 10.9. The molecule has 0 amide bonds. The summed E-state index contributed by atoms with van der Waals surface area (Å²) < 4.78 is 21.8. The minimum atomic E-state index is -0.867. The molecule has 2 unspecified atom stereocenters. The van der Waals surface area contributed by atoms with Crippen LogP contribution in [0.1, 0.15) is 6.92 Å². The molecule has 0 aromatic carbocycles. The molecular weight excluding hydrogens is 204 g/mol. The standard InChI is InChI=1S/C6H13ClO2S2/c1-2-10(8)5-6-11(9)4-3-7/h2-6H2,1H3. The normalized spacial score (nSPS) is 16.2. The van der Waals surface area contributed by atoms with Gasteiger partial charge in [-0.15, -0.1) is 11.6 Å². The van der Waals surface area contributed by atoms with Crippen molar-refractivity contribution in [1.29, 1.82) is 0 Å². The third-order valence-corrected chi connectivity index (χ3v) is 4.46. The number of alkyl halides is 1. The second kappa shape index (κ2) is 7.25. The fraction of sp³-hybridized carbons (Fsp3) is 1.00. The summed E-state index contributed by atoms with van der Waals surface area (Å²) in [5.74, 6) is 2.65. The summed E-state index contributed by atoms with van der Waals surface area (Å²) in [6.45, 7) is 1.86. The van der Waals surface area contributed by atoms with E-state index in [0.717, 1.165) is 0 Å². The van der Waals surface area contributed by atoms with E-state index >= 15 is 0 Å². The topological polar surface area (TPSA) is 34.1 Å². The summed E-state index contributed by atoms with van der Waals surface area (Å²) in [5.41, 5.74) is 0. The molecular formula is C6H13ClO2S2. The molecule has 68 valence electrons. The molecule has 0 aromatic rings. The number of hydrogen-bond donors (Lipinski definition) is 0. The van der Waals surface area contributed by atoms with Crippen molar-refractivity contribution < 1.29 is 8.42 Å². The molecule has 0 radical (unpaired) electrons. The van der Waals surface area contributed by atoms with Crippen LogP contribution >= 0.6 is 11.6 Å². The average molecular weight is 217 g/mol. The molecule has 2 nitrogen and oxygen atoms in total. The Hall–Kier alpha value is 0.590. The van der Waals surface area contributed by atoms with Crippen LogP contribution in [0, 0.1) is 0 Å². The number of rotatable bonds is 6. The van der Waals surface area contributed by atoms with Crippen molar-refractivity contribution in [3.63, 3.8) is 0 Å². The zero-order valence-corrected chi connectivity index (χ0v) is 8.94. The van der Waals surface area contributed by atoms with Crippen LogP contribution in [0.2, 0.25) is 0 Å². The molecule has 0 aliphatic rings. The third-order valence-electron chi connectivity index (χ3n) is 1.17. The van der Waals surface area contributed by atoms with Gasteiger partial charge in [0, 0.05) is 50.5 Å². The Kier molecular flexibility index (Phi) is 7.64. The van der Waals surface area contributed by atoms with Crippen LogP contribution in [-0.4, -0.2) is 37.3 Å². The van der Waals surface area contributed by atoms with E-state index in [4.69, 9.17) is 11.6 Å². The van der Waals surface area contributed by atoms with Gasteiger partial charge in [0.15, 0.2) is 0 Å². The van der Waals surface area contributed by atoms with Crippen molar-refractivity contribution in [2.24, 2.45) is 0 Å². The summed E-state index contributed by atoms with van der Waals surface area (Å²) in [5, 5.41) is 0. The van der Waals surface area contributed by atoms with Crippen molar-refractivity contribution in [3.8, 4) is 0 Å². The molecule has 0 aromatic heterocycles.